The first-order valence-electron chi connectivity index (χ1n) is 11.1. The van der Waals surface area contributed by atoms with Crippen LogP contribution in [0.1, 0.15) is 50.7 Å². The molecule has 2 aromatic rings. The van der Waals surface area contributed by atoms with Crippen LogP contribution in [0.3, 0.4) is 0 Å². The van der Waals surface area contributed by atoms with Crippen molar-refractivity contribution in [3.05, 3.63) is 94.0 Å². The number of benzene rings is 2. The molecule has 0 aliphatic carbocycles. The van der Waals surface area contributed by atoms with Crippen LogP contribution in [0.15, 0.2) is 82.9 Å². The number of hydrogen-bond donors (Lipinski definition) is 0. The highest BCUT2D eigenvalue weighted by molar-refractivity contribution is 6.31. The Hall–Kier alpha value is -3.11. The van der Waals surface area contributed by atoms with E-state index in [1.807, 2.05) is 60.7 Å². The van der Waals surface area contributed by atoms with E-state index < -0.39 is 11.9 Å². The van der Waals surface area contributed by atoms with Gasteiger partial charge in [0.2, 0.25) is 0 Å². The van der Waals surface area contributed by atoms with Crippen LogP contribution in [0.5, 0.6) is 0 Å². The molecular formula is C28H31ClO4. The van der Waals surface area contributed by atoms with Gasteiger partial charge in [0.25, 0.3) is 0 Å². The van der Waals surface area contributed by atoms with Crippen molar-refractivity contribution >= 4 is 34.7 Å². The van der Waals surface area contributed by atoms with Crippen molar-refractivity contribution in [1.82, 2.24) is 0 Å². The summed E-state index contributed by atoms with van der Waals surface area (Å²) in [6.45, 7) is 4.17. The molecule has 5 heteroatoms. The summed E-state index contributed by atoms with van der Waals surface area (Å²) in [7, 11) is 2.57. The van der Waals surface area contributed by atoms with E-state index in [0.29, 0.717) is 18.4 Å². The number of allylic oxidation sites excluding steroid dienone is 3. The van der Waals surface area contributed by atoms with E-state index in [1.165, 1.54) is 20.3 Å². The third-order valence-electron chi connectivity index (χ3n) is 5.11. The van der Waals surface area contributed by atoms with Crippen LogP contribution >= 0.6 is 11.6 Å². The van der Waals surface area contributed by atoms with Gasteiger partial charge in [-0.3, -0.25) is 0 Å². The molecule has 0 fully saturated rings. The first-order valence-corrected chi connectivity index (χ1v) is 11.5. The molecule has 33 heavy (non-hydrogen) atoms. The van der Waals surface area contributed by atoms with Crippen LogP contribution < -0.4 is 0 Å². The molecule has 0 saturated heterocycles. The molecule has 2 rings (SSSR count). The standard InChI is InChI=1S/C28H31ClO4/c1-5-13-22(24(29)14-6-2)26(20-15-9-7-10-16-20)27(21-17-11-8-12-18-21)23(28(31)33-4)19-25(30)32-3/h7-12,15-19H,5-6,13-14H2,1-4H3/b23-19-,24-22-,27-26-. The Morgan fingerprint density at radius 1 is 0.788 bits per heavy atom. The van der Waals surface area contributed by atoms with Gasteiger partial charge in [-0.15, -0.1) is 0 Å². The number of esters is 2. The lowest BCUT2D eigenvalue weighted by atomic mass is 9.83. The summed E-state index contributed by atoms with van der Waals surface area (Å²) in [6.07, 6.45) is 4.36. The highest BCUT2D eigenvalue weighted by Gasteiger charge is 2.26. The first-order chi connectivity index (χ1) is 16.0. The van der Waals surface area contributed by atoms with Crippen LogP contribution in [0.25, 0.3) is 11.1 Å². The maximum Gasteiger partial charge on any atom is 0.338 e. The highest BCUT2D eigenvalue weighted by Crippen LogP contribution is 2.41. The van der Waals surface area contributed by atoms with Gasteiger partial charge in [0, 0.05) is 16.7 Å². The average Bonchev–Trinajstić information content (AvgIpc) is 2.85. The second-order valence-electron chi connectivity index (χ2n) is 7.44. The predicted octanol–water partition coefficient (Wildman–Crippen LogP) is 6.96. The van der Waals surface area contributed by atoms with E-state index in [2.05, 4.69) is 13.8 Å². The molecule has 4 nitrogen and oxygen atoms in total. The summed E-state index contributed by atoms with van der Waals surface area (Å²) in [6, 6.07) is 19.3. The minimum atomic E-state index is -0.642. The molecule has 0 atom stereocenters. The quantitative estimate of drug-likeness (QED) is 0.164. The number of carbonyl (C=O) groups is 2. The molecule has 0 heterocycles. The zero-order chi connectivity index (χ0) is 24.2. The number of rotatable bonds is 10. The molecule has 0 N–H and O–H groups in total. The fourth-order valence-electron chi connectivity index (χ4n) is 3.65. The van der Waals surface area contributed by atoms with Crippen LogP contribution in [-0.4, -0.2) is 26.2 Å². The minimum absolute atomic E-state index is 0.115. The molecule has 0 aromatic heterocycles. The molecule has 0 aliphatic heterocycles. The van der Waals surface area contributed by atoms with Crippen LogP contribution in [0, 0.1) is 0 Å². The topological polar surface area (TPSA) is 52.6 Å². The first kappa shape index (κ1) is 26.1. The lowest BCUT2D eigenvalue weighted by molar-refractivity contribution is -0.138. The van der Waals surface area contributed by atoms with E-state index in [1.54, 1.807) is 0 Å². The van der Waals surface area contributed by atoms with Crippen molar-refractivity contribution in [1.29, 1.82) is 0 Å². The van der Waals surface area contributed by atoms with E-state index in [4.69, 9.17) is 21.1 Å². The number of carbonyl (C=O) groups excluding carboxylic acids is 2. The average molecular weight is 467 g/mol. The van der Waals surface area contributed by atoms with E-state index in [9.17, 15) is 9.59 Å². The van der Waals surface area contributed by atoms with E-state index >= 15 is 0 Å². The van der Waals surface area contributed by atoms with Gasteiger partial charge in [0.1, 0.15) is 0 Å². The minimum Gasteiger partial charge on any atom is -0.466 e. The molecule has 2 aromatic carbocycles. The Morgan fingerprint density at radius 3 is 1.76 bits per heavy atom. The molecule has 0 unspecified atom stereocenters. The smallest absolute Gasteiger partial charge is 0.338 e. The van der Waals surface area contributed by atoms with Gasteiger partial charge in [-0.05, 0) is 35.1 Å². The summed E-state index contributed by atoms with van der Waals surface area (Å²) < 4.78 is 9.95. The molecule has 0 bridgehead atoms. The van der Waals surface area contributed by atoms with Crippen LogP contribution in [0.4, 0.5) is 0 Å². The zero-order valence-corrected chi connectivity index (χ0v) is 20.4. The molecule has 0 amide bonds. The maximum atomic E-state index is 13.0. The number of methoxy groups -OCH3 is 2. The summed E-state index contributed by atoms with van der Waals surface area (Å²) in [4.78, 5) is 25.3. The number of halogens is 1. The second kappa shape index (κ2) is 13.4. The van der Waals surface area contributed by atoms with Crippen LogP contribution in [-0.2, 0) is 19.1 Å². The number of hydrogen-bond acceptors (Lipinski definition) is 4. The Labute approximate surface area is 201 Å². The third-order valence-corrected chi connectivity index (χ3v) is 5.53. The van der Waals surface area contributed by atoms with Gasteiger partial charge in [-0.25, -0.2) is 9.59 Å². The van der Waals surface area contributed by atoms with Crippen LogP contribution in [0.2, 0.25) is 0 Å². The fraction of sp³-hybridized carbons (Fsp3) is 0.286. The molecule has 0 aliphatic rings. The molecule has 0 saturated carbocycles. The lowest BCUT2D eigenvalue weighted by Gasteiger charge is -2.22. The fourth-order valence-corrected chi connectivity index (χ4v) is 4.03. The van der Waals surface area contributed by atoms with Gasteiger partial charge < -0.3 is 9.47 Å². The monoisotopic (exact) mass is 466 g/mol. The van der Waals surface area contributed by atoms with Gasteiger partial charge >= 0.3 is 11.9 Å². The largest absolute Gasteiger partial charge is 0.466 e. The van der Waals surface area contributed by atoms with Crippen molar-refractivity contribution < 1.29 is 19.1 Å². The van der Waals surface area contributed by atoms with Gasteiger partial charge in [0.05, 0.1) is 19.8 Å². The van der Waals surface area contributed by atoms with Crippen molar-refractivity contribution in [2.45, 2.75) is 39.5 Å². The summed E-state index contributed by atoms with van der Waals surface area (Å²) in [5, 5.41) is 0.744. The Kier molecular flexibility index (Phi) is 10.6. The maximum absolute atomic E-state index is 13.0. The molecule has 0 spiro atoms. The van der Waals surface area contributed by atoms with Crippen molar-refractivity contribution in [2.24, 2.45) is 0 Å². The van der Waals surface area contributed by atoms with Crippen molar-refractivity contribution in [3.8, 4) is 0 Å². The molecule has 174 valence electrons. The van der Waals surface area contributed by atoms with E-state index in [0.717, 1.165) is 40.1 Å². The summed E-state index contributed by atoms with van der Waals surface area (Å²) in [5.41, 5.74) is 4.12. The summed E-state index contributed by atoms with van der Waals surface area (Å²) >= 11 is 6.87. The van der Waals surface area contributed by atoms with Gasteiger partial charge in [0.15, 0.2) is 0 Å². The molecular weight excluding hydrogens is 436 g/mol. The third kappa shape index (κ3) is 6.93. The SMILES string of the molecule is CCC/C(Cl)=C(CCC)/C(=C(\C(=C\C(=O)OC)C(=O)OC)c1ccccc1)c1ccccc1. The summed E-state index contributed by atoms with van der Waals surface area (Å²) in [5.74, 6) is -1.27. The van der Waals surface area contributed by atoms with Crippen molar-refractivity contribution in [3.63, 3.8) is 0 Å². The second-order valence-corrected chi connectivity index (χ2v) is 7.89. The van der Waals surface area contributed by atoms with E-state index in [-0.39, 0.29) is 5.57 Å². The lowest BCUT2D eigenvalue weighted by Crippen LogP contribution is -2.12. The van der Waals surface area contributed by atoms with Crippen molar-refractivity contribution in [2.75, 3.05) is 14.2 Å². The number of ether oxygens (including phenoxy) is 2. The zero-order valence-electron chi connectivity index (χ0n) is 19.7. The van der Waals surface area contributed by atoms with Gasteiger partial charge in [-0.1, -0.05) is 99.0 Å². The molecule has 0 radical (unpaired) electrons. The Bertz CT molecular complexity index is 1030. The Morgan fingerprint density at radius 2 is 1.30 bits per heavy atom. The Balaban J connectivity index is 3.11. The van der Waals surface area contributed by atoms with Gasteiger partial charge in [-0.2, -0.15) is 0 Å². The predicted molar refractivity (Wildman–Crippen MR) is 135 cm³/mol. The highest BCUT2D eigenvalue weighted by atomic mass is 35.5. The normalized spacial score (nSPS) is 13.1.